The third-order valence-electron chi connectivity index (χ3n) is 5.32. The summed E-state index contributed by atoms with van der Waals surface area (Å²) in [5.41, 5.74) is 1.25. The zero-order valence-electron chi connectivity index (χ0n) is 16.6. The van der Waals surface area contributed by atoms with Gasteiger partial charge >= 0.3 is 0 Å². The number of halogens is 1. The van der Waals surface area contributed by atoms with E-state index in [1.807, 2.05) is 31.2 Å². The van der Waals surface area contributed by atoms with Crippen LogP contribution in [0.25, 0.3) is 11.0 Å². The summed E-state index contributed by atoms with van der Waals surface area (Å²) in [6, 6.07) is 15.6. The van der Waals surface area contributed by atoms with E-state index in [-0.39, 0.29) is 23.6 Å². The maximum absolute atomic E-state index is 13.5. The molecule has 0 bridgehead atoms. The highest BCUT2D eigenvalue weighted by Gasteiger charge is 2.43. The lowest BCUT2D eigenvalue weighted by Gasteiger charge is -2.24. The second-order valence-electron chi connectivity index (χ2n) is 7.23. The first-order valence-corrected chi connectivity index (χ1v) is 10.7. The number of furan rings is 1. The van der Waals surface area contributed by atoms with Crippen LogP contribution in [0.4, 0.5) is 0 Å². The Hall–Kier alpha value is -3.32. The summed E-state index contributed by atoms with van der Waals surface area (Å²) in [6.07, 6.45) is 1.56. The highest BCUT2D eigenvalue weighted by Crippen LogP contribution is 2.40. The zero-order chi connectivity index (χ0) is 21.5. The van der Waals surface area contributed by atoms with Gasteiger partial charge in [0.05, 0.1) is 36.4 Å². The summed E-state index contributed by atoms with van der Waals surface area (Å²) >= 11 is 3.41. The van der Waals surface area contributed by atoms with Crippen molar-refractivity contribution in [3.8, 4) is 5.75 Å². The Morgan fingerprint density at radius 3 is 2.74 bits per heavy atom. The zero-order valence-corrected chi connectivity index (χ0v) is 18.2. The van der Waals surface area contributed by atoms with Crippen LogP contribution in [0.2, 0.25) is 0 Å². The molecule has 31 heavy (non-hydrogen) atoms. The molecule has 4 aromatic rings. The fraction of sp³-hybridized carbons (Fsp3) is 0.167. The van der Waals surface area contributed by atoms with Gasteiger partial charge in [-0.3, -0.25) is 9.59 Å². The molecule has 1 unspecified atom stereocenters. The van der Waals surface area contributed by atoms with Crippen molar-refractivity contribution in [1.82, 2.24) is 4.90 Å². The van der Waals surface area contributed by atoms with Crippen molar-refractivity contribution in [3.05, 3.63) is 98.2 Å². The first kappa shape index (κ1) is 19.6. The maximum atomic E-state index is 13.5. The molecule has 0 spiro atoms. The van der Waals surface area contributed by atoms with E-state index in [1.54, 1.807) is 41.5 Å². The molecular formula is C24H18BrNO5. The highest BCUT2D eigenvalue weighted by atomic mass is 79.9. The number of amides is 1. The van der Waals surface area contributed by atoms with Crippen LogP contribution in [0.5, 0.6) is 5.75 Å². The summed E-state index contributed by atoms with van der Waals surface area (Å²) < 4.78 is 17.8. The fourth-order valence-electron chi connectivity index (χ4n) is 4.01. The van der Waals surface area contributed by atoms with E-state index in [4.69, 9.17) is 13.6 Å². The molecule has 5 rings (SSSR count). The van der Waals surface area contributed by atoms with Crippen LogP contribution in [0.3, 0.4) is 0 Å². The Morgan fingerprint density at radius 2 is 1.97 bits per heavy atom. The standard InChI is InChI=1S/C24H18BrNO5/c1-2-29-16-6-3-5-14(11-16)21-20-22(27)18-12-15(25)8-9-19(18)31-23(20)24(28)26(21)13-17-7-4-10-30-17/h3-12,21H,2,13H2,1H3. The third-order valence-corrected chi connectivity index (χ3v) is 5.81. The van der Waals surface area contributed by atoms with Gasteiger partial charge in [0.15, 0.2) is 5.43 Å². The summed E-state index contributed by atoms with van der Waals surface area (Å²) in [6.45, 7) is 2.63. The van der Waals surface area contributed by atoms with Crippen molar-refractivity contribution in [2.24, 2.45) is 0 Å². The van der Waals surface area contributed by atoms with Crippen molar-refractivity contribution in [3.63, 3.8) is 0 Å². The molecule has 1 amide bonds. The molecule has 2 aromatic heterocycles. The average molecular weight is 480 g/mol. The number of carbonyl (C=O) groups is 1. The van der Waals surface area contributed by atoms with E-state index >= 15 is 0 Å². The molecule has 1 aliphatic heterocycles. The minimum Gasteiger partial charge on any atom is -0.494 e. The van der Waals surface area contributed by atoms with Crippen LogP contribution in [0.15, 0.2) is 79.0 Å². The van der Waals surface area contributed by atoms with Crippen LogP contribution >= 0.6 is 15.9 Å². The van der Waals surface area contributed by atoms with E-state index < -0.39 is 6.04 Å². The van der Waals surface area contributed by atoms with Gasteiger partial charge in [-0.25, -0.2) is 0 Å². The Balaban J connectivity index is 1.73. The highest BCUT2D eigenvalue weighted by molar-refractivity contribution is 9.10. The molecule has 0 radical (unpaired) electrons. The van der Waals surface area contributed by atoms with Crippen LogP contribution in [-0.4, -0.2) is 17.4 Å². The molecule has 3 heterocycles. The van der Waals surface area contributed by atoms with Gasteiger partial charge in [-0.2, -0.15) is 0 Å². The molecule has 1 atom stereocenters. The number of ether oxygens (including phenoxy) is 1. The van der Waals surface area contributed by atoms with Gasteiger partial charge in [0.25, 0.3) is 5.91 Å². The lowest BCUT2D eigenvalue weighted by atomic mass is 9.98. The molecule has 2 aromatic carbocycles. The largest absolute Gasteiger partial charge is 0.494 e. The molecule has 7 heteroatoms. The molecule has 6 nitrogen and oxygen atoms in total. The lowest BCUT2D eigenvalue weighted by Crippen LogP contribution is -2.29. The summed E-state index contributed by atoms with van der Waals surface area (Å²) in [7, 11) is 0. The van der Waals surface area contributed by atoms with Crippen LogP contribution in [0.1, 0.15) is 40.4 Å². The third kappa shape index (κ3) is 3.35. The van der Waals surface area contributed by atoms with Gasteiger partial charge in [-0.15, -0.1) is 0 Å². The molecule has 0 fully saturated rings. The minimum atomic E-state index is -0.618. The predicted octanol–water partition coefficient (Wildman–Crippen LogP) is 5.29. The molecule has 0 aliphatic carbocycles. The van der Waals surface area contributed by atoms with Crippen LogP contribution < -0.4 is 10.2 Å². The number of nitrogens with zero attached hydrogens (tertiary/aromatic N) is 1. The molecule has 156 valence electrons. The Bertz CT molecular complexity index is 1340. The van der Waals surface area contributed by atoms with E-state index in [2.05, 4.69) is 15.9 Å². The Labute approximate surface area is 186 Å². The number of hydrogen-bond donors (Lipinski definition) is 0. The van der Waals surface area contributed by atoms with Gasteiger partial charge < -0.3 is 18.5 Å². The monoisotopic (exact) mass is 479 g/mol. The van der Waals surface area contributed by atoms with E-state index in [1.165, 1.54) is 0 Å². The minimum absolute atomic E-state index is 0.0678. The molecule has 1 aliphatic rings. The molecule has 0 saturated carbocycles. The average Bonchev–Trinajstić information content (AvgIpc) is 3.37. The summed E-state index contributed by atoms with van der Waals surface area (Å²) in [5, 5.41) is 0.423. The fourth-order valence-corrected chi connectivity index (χ4v) is 4.37. The van der Waals surface area contributed by atoms with Crippen molar-refractivity contribution < 1.29 is 18.4 Å². The summed E-state index contributed by atoms with van der Waals surface area (Å²) in [5.74, 6) is 1.01. The molecular weight excluding hydrogens is 462 g/mol. The van der Waals surface area contributed by atoms with Crippen molar-refractivity contribution >= 4 is 32.8 Å². The maximum Gasteiger partial charge on any atom is 0.291 e. The van der Waals surface area contributed by atoms with Gasteiger partial charge in [0.1, 0.15) is 17.1 Å². The topological polar surface area (TPSA) is 72.9 Å². The summed E-state index contributed by atoms with van der Waals surface area (Å²) in [4.78, 5) is 28.5. The first-order valence-electron chi connectivity index (χ1n) is 9.89. The molecule has 0 saturated heterocycles. The second-order valence-corrected chi connectivity index (χ2v) is 8.15. The smallest absolute Gasteiger partial charge is 0.291 e. The number of hydrogen-bond acceptors (Lipinski definition) is 5. The predicted molar refractivity (Wildman–Crippen MR) is 118 cm³/mol. The van der Waals surface area contributed by atoms with Gasteiger partial charge in [0, 0.05) is 4.47 Å². The van der Waals surface area contributed by atoms with Gasteiger partial charge in [-0.05, 0) is 55.0 Å². The molecule has 0 N–H and O–H groups in total. The van der Waals surface area contributed by atoms with E-state index in [0.717, 1.165) is 10.0 Å². The van der Waals surface area contributed by atoms with Crippen molar-refractivity contribution in [2.45, 2.75) is 19.5 Å². The quantitative estimate of drug-likeness (QED) is 0.388. The number of fused-ring (bicyclic) bond motifs is 2. The number of benzene rings is 2. The van der Waals surface area contributed by atoms with Crippen LogP contribution in [-0.2, 0) is 6.54 Å². The van der Waals surface area contributed by atoms with Crippen molar-refractivity contribution in [1.29, 1.82) is 0 Å². The van der Waals surface area contributed by atoms with Crippen molar-refractivity contribution in [2.75, 3.05) is 6.61 Å². The van der Waals surface area contributed by atoms with E-state index in [0.29, 0.717) is 34.6 Å². The van der Waals surface area contributed by atoms with Crippen LogP contribution in [0, 0.1) is 0 Å². The van der Waals surface area contributed by atoms with Gasteiger partial charge in [-0.1, -0.05) is 28.1 Å². The lowest BCUT2D eigenvalue weighted by molar-refractivity contribution is 0.0701. The SMILES string of the molecule is CCOc1cccc(C2c3c(oc4ccc(Br)cc4c3=O)C(=O)N2Cc2ccco2)c1. The normalized spacial score (nSPS) is 15.5. The van der Waals surface area contributed by atoms with E-state index in [9.17, 15) is 9.59 Å². The van der Waals surface area contributed by atoms with Gasteiger partial charge in [0.2, 0.25) is 5.76 Å². The number of carbonyl (C=O) groups excluding carboxylic acids is 1. The second kappa shape index (κ2) is 7.74. The Morgan fingerprint density at radius 1 is 1.10 bits per heavy atom. The Kier molecular flexibility index (Phi) is 4.90. The number of rotatable bonds is 5. The first-order chi connectivity index (χ1) is 15.1.